The standard InChI is InChI=1S/C17H23N3O3/c1-4-10-19-16(22)13-8-6-7-9-14(13)20(17(19)23)11-15(21)18-12(3)5-2/h6-9,12H,4-5,10-11H2,1-3H3,(H,18,21). The van der Waals surface area contributed by atoms with Gasteiger partial charge in [-0.15, -0.1) is 0 Å². The van der Waals surface area contributed by atoms with Crippen molar-refractivity contribution in [2.24, 2.45) is 0 Å². The fourth-order valence-corrected chi connectivity index (χ4v) is 2.51. The quantitative estimate of drug-likeness (QED) is 0.877. The molecule has 2 aromatic rings. The Bertz CT molecular complexity index is 820. The number of amides is 1. The largest absolute Gasteiger partial charge is 0.352 e. The van der Waals surface area contributed by atoms with Crippen molar-refractivity contribution in [1.29, 1.82) is 0 Å². The van der Waals surface area contributed by atoms with Gasteiger partial charge in [-0.05, 0) is 31.9 Å². The maximum atomic E-state index is 12.6. The summed E-state index contributed by atoms with van der Waals surface area (Å²) in [7, 11) is 0. The minimum atomic E-state index is -0.435. The fraction of sp³-hybridized carbons (Fsp3) is 0.471. The second-order valence-electron chi connectivity index (χ2n) is 5.72. The molecule has 1 aromatic heterocycles. The molecule has 0 radical (unpaired) electrons. The zero-order chi connectivity index (χ0) is 17.0. The summed E-state index contributed by atoms with van der Waals surface area (Å²) < 4.78 is 2.59. The molecular formula is C17H23N3O3. The molecule has 0 fully saturated rings. The summed E-state index contributed by atoms with van der Waals surface area (Å²) in [5.74, 6) is -0.228. The first-order valence-electron chi connectivity index (χ1n) is 8.01. The van der Waals surface area contributed by atoms with Crippen LogP contribution in [0.15, 0.2) is 33.9 Å². The molecule has 1 atom stereocenters. The molecule has 1 heterocycles. The van der Waals surface area contributed by atoms with Crippen LogP contribution in [0.5, 0.6) is 0 Å². The van der Waals surface area contributed by atoms with Crippen LogP contribution in [0.2, 0.25) is 0 Å². The molecule has 0 saturated heterocycles. The SMILES string of the molecule is CCCn1c(=O)c2ccccc2n(CC(=O)NC(C)CC)c1=O. The van der Waals surface area contributed by atoms with Crippen molar-refractivity contribution in [3.8, 4) is 0 Å². The molecule has 0 spiro atoms. The number of hydrogen-bond acceptors (Lipinski definition) is 3. The number of para-hydroxylation sites is 1. The van der Waals surface area contributed by atoms with E-state index in [1.54, 1.807) is 24.3 Å². The van der Waals surface area contributed by atoms with Crippen molar-refractivity contribution in [2.45, 2.75) is 52.7 Å². The van der Waals surface area contributed by atoms with Crippen LogP contribution in [0, 0.1) is 0 Å². The first-order valence-corrected chi connectivity index (χ1v) is 8.01. The first-order chi connectivity index (χ1) is 11.0. The van der Waals surface area contributed by atoms with Crippen molar-refractivity contribution >= 4 is 16.8 Å². The van der Waals surface area contributed by atoms with Crippen LogP contribution in [-0.2, 0) is 17.9 Å². The molecule has 1 aromatic carbocycles. The molecular weight excluding hydrogens is 294 g/mol. The van der Waals surface area contributed by atoms with Crippen LogP contribution >= 0.6 is 0 Å². The summed E-state index contributed by atoms with van der Waals surface area (Å²) in [5.41, 5.74) is -0.241. The third-order valence-corrected chi connectivity index (χ3v) is 3.90. The molecule has 1 amide bonds. The van der Waals surface area contributed by atoms with Crippen molar-refractivity contribution < 1.29 is 4.79 Å². The average Bonchev–Trinajstić information content (AvgIpc) is 2.55. The Morgan fingerprint density at radius 1 is 1.17 bits per heavy atom. The summed E-state index contributed by atoms with van der Waals surface area (Å²) >= 11 is 0. The van der Waals surface area contributed by atoms with Gasteiger partial charge in [-0.2, -0.15) is 0 Å². The number of aromatic nitrogens is 2. The lowest BCUT2D eigenvalue weighted by Crippen LogP contribution is -2.43. The summed E-state index contributed by atoms with van der Waals surface area (Å²) in [6, 6.07) is 6.95. The smallest absolute Gasteiger partial charge is 0.331 e. The first kappa shape index (κ1) is 17.0. The third kappa shape index (κ3) is 3.52. The van der Waals surface area contributed by atoms with Gasteiger partial charge in [0.1, 0.15) is 6.54 Å². The van der Waals surface area contributed by atoms with Crippen LogP contribution in [-0.4, -0.2) is 21.1 Å². The Labute approximate surface area is 134 Å². The number of carbonyl (C=O) groups excluding carboxylic acids is 1. The molecule has 23 heavy (non-hydrogen) atoms. The average molecular weight is 317 g/mol. The highest BCUT2D eigenvalue weighted by Gasteiger charge is 2.15. The lowest BCUT2D eigenvalue weighted by molar-refractivity contribution is -0.122. The van der Waals surface area contributed by atoms with Gasteiger partial charge in [-0.3, -0.25) is 18.7 Å². The highest BCUT2D eigenvalue weighted by atomic mass is 16.2. The maximum Gasteiger partial charge on any atom is 0.331 e. The summed E-state index contributed by atoms with van der Waals surface area (Å²) in [5, 5.41) is 3.31. The monoisotopic (exact) mass is 317 g/mol. The van der Waals surface area contributed by atoms with Gasteiger partial charge in [0.05, 0.1) is 10.9 Å². The van der Waals surface area contributed by atoms with Gasteiger partial charge in [-0.1, -0.05) is 26.0 Å². The normalized spacial score (nSPS) is 12.3. The van der Waals surface area contributed by atoms with E-state index in [1.165, 1.54) is 9.13 Å². The number of rotatable bonds is 6. The van der Waals surface area contributed by atoms with Crippen LogP contribution in [0.1, 0.15) is 33.6 Å². The minimum Gasteiger partial charge on any atom is -0.352 e. The highest BCUT2D eigenvalue weighted by Crippen LogP contribution is 2.07. The highest BCUT2D eigenvalue weighted by molar-refractivity contribution is 5.81. The van der Waals surface area contributed by atoms with Crippen molar-refractivity contribution in [2.75, 3.05) is 0 Å². The molecule has 0 aliphatic rings. The van der Waals surface area contributed by atoms with Gasteiger partial charge in [0.15, 0.2) is 0 Å². The number of hydrogen-bond donors (Lipinski definition) is 1. The Morgan fingerprint density at radius 3 is 2.52 bits per heavy atom. The van der Waals surface area contributed by atoms with E-state index in [2.05, 4.69) is 5.32 Å². The van der Waals surface area contributed by atoms with Crippen molar-refractivity contribution in [3.63, 3.8) is 0 Å². The zero-order valence-electron chi connectivity index (χ0n) is 13.8. The maximum absolute atomic E-state index is 12.6. The number of nitrogens with zero attached hydrogens (tertiary/aromatic N) is 2. The van der Waals surface area contributed by atoms with Crippen molar-refractivity contribution in [1.82, 2.24) is 14.5 Å². The van der Waals surface area contributed by atoms with Crippen LogP contribution in [0.25, 0.3) is 10.9 Å². The van der Waals surface area contributed by atoms with Crippen LogP contribution in [0.4, 0.5) is 0 Å². The number of fused-ring (bicyclic) bond motifs is 1. The molecule has 124 valence electrons. The zero-order valence-corrected chi connectivity index (χ0v) is 13.8. The van der Waals surface area contributed by atoms with E-state index in [9.17, 15) is 14.4 Å². The summed E-state index contributed by atoms with van der Waals surface area (Å²) in [6.07, 6.45) is 1.49. The van der Waals surface area contributed by atoms with E-state index in [0.717, 1.165) is 6.42 Å². The van der Waals surface area contributed by atoms with E-state index >= 15 is 0 Å². The van der Waals surface area contributed by atoms with E-state index in [4.69, 9.17) is 0 Å². The lowest BCUT2D eigenvalue weighted by atomic mass is 10.2. The molecule has 1 unspecified atom stereocenters. The van der Waals surface area contributed by atoms with Gasteiger partial charge in [0.2, 0.25) is 5.91 Å². The van der Waals surface area contributed by atoms with E-state index in [0.29, 0.717) is 23.9 Å². The summed E-state index contributed by atoms with van der Waals surface area (Å²) in [4.78, 5) is 37.3. The van der Waals surface area contributed by atoms with Gasteiger partial charge < -0.3 is 5.32 Å². The fourth-order valence-electron chi connectivity index (χ4n) is 2.51. The van der Waals surface area contributed by atoms with Crippen molar-refractivity contribution in [3.05, 3.63) is 45.1 Å². The summed E-state index contributed by atoms with van der Waals surface area (Å²) in [6.45, 7) is 6.05. The third-order valence-electron chi connectivity index (χ3n) is 3.90. The van der Waals surface area contributed by atoms with E-state index in [-0.39, 0.29) is 24.1 Å². The number of benzene rings is 1. The molecule has 0 aliphatic carbocycles. The minimum absolute atomic E-state index is 0.0472. The predicted octanol–water partition coefficient (Wildman–Crippen LogP) is 1.49. The molecule has 1 N–H and O–H groups in total. The second kappa shape index (κ2) is 7.26. The van der Waals surface area contributed by atoms with Crippen LogP contribution < -0.4 is 16.6 Å². The molecule has 6 heteroatoms. The molecule has 2 rings (SSSR count). The Kier molecular flexibility index (Phi) is 5.36. The number of carbonyl (C=O) groups is 1. The van der Waals surface area contributed by atoms with Gasteiger partial charge in [0, 0.05) is 12.6 Å². The molecule has 0 bridgehead atoms. The Balaban J connectivity index is 2.56. The van der Waals surface area contributed by atoms with E-state index < -0.39 is 5.69 Å². The topological polar surface area (TPSA) is 73.1 Å². The van der Waals surface area contributed by atoms with Gasteiger partial charge >= 0.3 is 5.69 Å². The Morgan fingerprint density at radius 2 is 1.87 bits per heavy atom. The number of nitrogens with one attached hydrogen (secondary N) is 1. The Hall–Kier alpha value is -2.37. The molecule has 0 saturated carbocycles. The van der Waals surface area contributed by atoms with Crippen LogP contribution in [0.3, 0.4) is 0 Å². The van der Waals surface area contributed by atoms with Gasteiger partial charge in [-0.25, -0.2) is 4.79 Å². The second-order valence-corrected chi connectivity index (χ2v) is 5.72. The lowest BCUT2D eigenvalue weighted by Gasteiger charge is -2.15. The van der Waals surface area contributed by atoms with E-state index in [1.807, 2.05) is 20.8 Å². The molecule has 6 nitrogen and oxygen atoms in total. The van der Waals surface area contributed by atoms with Gasteiger partial charge in [0.25, 0.3) is 5.56 Å². The predicted molar refractivity (Wildman–Crippen MR) is 90.7 cm³/mol. The molecule has 0 aliphatic heterocycles.